The van der Waals surface area contributed by atoms with E-state index in [0.717, 1.165) is 4.88 Å². The summed E-state index contributed by atoms with van der Waals surface area (Å²) in [7, 11) is 0. The van der Waals surface area contributed by atoms with E-state index in [0.29, 0.717) is 5.69 Å². The lowest BCUT2D eigenvalue weighted by Crippen LogP contribution is -2.32. The van der Waals surface area contributed by atoms with Gasteiger partial charge >= 0.3 is 11.8 Å². The van der Waals surface area contributed by atoms with Crippen molar-refractivity contribution in [3.63, 3.8) is 0 Å². The average Bonchev–Trinajstić information content (AvgIpc) is 2.93. The normalized spacial score (nSPS) is 10.3. The number of hydrogen-bond acceptors (Lipinski definition) is 4. The van der Waals surface area contributed by atoms with Gasteiger partial charge < -0.3 is 5.32 Å². The zero-order valence-electron chi connectivity index (χ0n) is 9.87. The second-order valence-corrected chi connectivity index (χ2v) is 4.51. The molecule has 0 fully saturated rings. The molecule has 0 spiro atoms. The molecule has 0 atom stereocenters. The van der Waals surface area contributed by atoms with Gasteiger partial charge in [-0.25, -0.2) is 5.43 Å². The van der Waals surface area contributed by atoms with Gasteiger partial charge in [0.2, 0.25) is 0 Å². The van der Waals surface area contributed by atoms with Gasteiger partial charge in [0.15, 0.2) is 0 Å². The minimum Gasteiger partial charge on any atom is -0.318 e. The summed E-state index contributed by atoms with van der Waals surface area (Å²) in [4.78, 5) is 23.8. The van der Waals surface area contributed by atoms with Gasteiger partial charge in [0, 0.05) is 10.6 Å². The zero-order chi connectivity index (χ0) is 13.5. The maximum Gasteiger partial charge on any atom is 0.329 e. The quantitative estimate of drug-likeness (QED) is 0.509. The minimum absolute atomic E-state index is 0.560. The Hall–Kier alpha value is -2.47. The Bertz CT molecular complexity index is 579. The van der Waals surface area contributed by atoms with E-state index in [4.69, 9.17) is 0 Å². The number of para-hydroxylation sites is 1. The Balaban J connectivity index is 1.85. The summed E-state index contributed by atoms with van der Waals surface area (Å²) in [5, 5.41) is 8.06. The zero-order valence-corrected chi connectivity index (χ0v) is 10.7. The van der Waals surface area contributed by atoms with E-state index in [2.05, 4.69) is 15.8 Å². The molecule has 2 N–H and O–H groups in total. The number of carbonyl (C=O) groups is 2. The molecule has 0 bridgehead atoms. The van der Waals surface area contributed by atoms with Crippen LogP contribution >= 0.6 is 11.3 Å². The first-order chi connectivity index (χ1) is 9.25. The number of hydrazone groups is 1. The van der Waals surface area contributed by atoms with Gasteiger partial charge in [0.25, 0.3) is 0 Å². The standard InChI is InChI=1S/C13H11N3O2S/c17-12(15-10-5-2-1-3-6-10)13(18)16-14-9-11-7-4-8-19-11/h1-9H,(H,15,17)(H,16,18)/b14-9+. The molecule has 2 amide bonds. The molecule has 0 aliphatic rings. The molecule has 6 heteroatoms. The van der Waals surface area contributed by atoms with Crippen LogP contribution < -0.4 is 10.7 Å². The first-order valence-electron chi connectivity index (χ1n) is 5.48. The Labute approximate surface area is 114 Å². The monoisotopic (exact) mass is 273 g/mol. The molecule has 0 unspecified atom stereocenters. The maximum atomic E-state index is 11.5. The van der Waals surface area contributed by atoms with Crippen LogP contribution in [0.3, 0.4) is 0 Å². The van der Waals surface area contributed by atoms with Crippen molar-refractivity contribution in [2.45, 2.75) is 0 Å². The van der Waals surface area contributed by atoms with E-state index in [9.17, 15) is 9.59 Å². The molecule has 1 heterocycles. The second-order valence-electron chi connectivity index (χ2n) is 3.53. The number of nitrogens with one attached hydrogen (secondary N) is 2. The number of rotatable bonds is 3. The molecule has 5 nitrogen and oxygen atoms in total. The number of thiophene rings is 1. The molecule has 96 valence electrons. The van der Waals surface area contributed by atoms with Crippen molar-refractivity contribution in [3.8, 4) is 0 Å². The van der Waals surface area contributed by atoms with E-state index in [1.54, 1.807) is 24.3 Å². The fourth-order valence-electron chi connectivity index (χ4n) is 1.28. The van der Waals surface area contributed by atoms with Crippen molar-refractivity contribution < 1.29 is 9.59 Å². The topological polar surface area (TPSA) is 70.6 Å². The van der Waals surface area contributed by atoms with Crippen LogP contribution in [0.2, 0.25) is 0 Å². The molecule has 1 aromatic heterocycles. The van der Waals surface area contributed by atoms with E-state index in [1.165, 1.54) is 17.6 Å². The largest absolute Gasteiger partial charge is 0.329 e. The third-order valence-electron chi connectivity index (χ3n) is 2.14. The van der Waals surface area contributed by atoms with Gasteiger partial charge in [0.1, 0.15) is 0 Å². The lowest BCUT2D eigenvalue weighted by atomic mass is 10.3. The molecular weight excluding hydrogens is 262 g/mol. The van der Waals surface area contributed by atoms with Crippen molar-refractivity contribution in [2.24, 2.45) is 5.10 Å². The first-order valence-corrected chi connectivity index (χ1v) is 6.36. The molecule has 0 saturated heterocycles. The van der Waals surface area contributed by atoms with Gasteiger partial charge in [-0.1, -0.05) is 24.3 Å². The van der Waals surface area contributed by atoms with Crippen LogP contribution in [0, 0.1) is 0 Å². The third-order valence-corrected chi connectivity index (χ3v) is 2.95. The third kappa shape index (κ3) is 4.04. The Morgan fingerprint density at radius 3 is 2.53 bits per heavy atom. The minimum atomic E-state index is -0.809. The van der Waals surface area contributed by atoms with Crippen molar-refractivity contribution in [1.82, 2.24) is 5.43 Å². The molecule has 19 heavy (non-hydrogen) atoms. The fraction of sp³-hybridized carbons (Fsp3) is 0. The van der Waals surface area contributed by atoms with Crippen LogP contribution in [0.4, 0.5) is 5.69 Å². The van der Waals surface area contributed by atoms with Crippen LogP contribution in [0.5, 0.6) is 0 Å². The van der Waals surface area contributed by atoms with Gasteiger partial charge in [-0.15, -0.1) is 11.3 Å². The summed E-state index contributed by atoms with van der Waals surface area (Å²) in [5.74, 6) is -1.56. The number of hydrogen-bond donors (Lipinski definition) is 2. The maximum absolute atomic E-state index is 11.5. The predicted molar refractivity (Wildman–Crippen MR) is 75.1 cm³/mol. The highest BCUT2D eigenvalue weighted by Crippen LogP contribution is 2.05. The van der Waals surface area contributed by atoms with Crippen LogP contribution in [0.25, 0.3) is 0 Å². The average molecular weight is 273 g/mol. The molecule has 2 aromatic rings. The highest BCUT2D eigenvalue weighted by Gasteiger charge is 2.12. The van der Waals surface area contributed by atoms with E-state index in [1.807, 2.05) is 23.6 Å². The Kier molecular flexibility index (Phi) is 4.41. The first kappa shape index (κ1) is 13.0. The molecule has 1 aromatic carbocycles. The van der Waals surface area contributed by atoms with E-state index < -0.39 is 11.8 Å². The predicted octanol–water partition coefficient (Wildman–Crippen LogP) is 1.84. The van der Waals surface area contributed by atoms with Gasteiger partial charge in [0.05, 0.1) is 6.21 Å². The summed E-state index contributed by atoms with van der Waals surface area (Å²) >= 11 is 1.48. The SMILES string of the molecule is O=C(N/N=C/c1cccs1)C(=O)Nc1ccccc1. The van der Waals surface area contributed by atoms with Crippen molar-refractivity contribution >= 4 is 35.1 Å². The second kappa shape index (κ2) is 6.46. The van der Waals surface area contributed by atoms with Gasteiger partial charge in [-0.2, -0.15) is 5.10 Å². The summed E-state index contributed by atoms with van der Waals surface area (Å²) in [6.07, 6.45) is 1.48. The molecule has 0 aliphatic heterocycles. The van der Waals surface area contributed by atoms with Crippen LogP contribution in [-0.4, -0.2) is 18.0 Å². The fourth-order valence-corrected chi connectivity index (χ4v) is 1.86. The van der Waals surface area contributed by atoms with E-state index in [-0.39, 0.29) is 0 Å². The summed E-state index contributed by atoms with van der Waals surface area (Å²) in [6.45, 7) is 0. The lowest BCUT2D eigenvalue weighted by molar-refractivity contribution is -0.136. The molecule has 0 radical (unpaired) electrons. The van der Waals surface area contributed by atoms with Crippen LogP contribution in [-0.2, 0) is 9.59 Å². The highest BCUT2D eigenvalue weighted by atomic mass is 32.1. The lowest BCUT2D eigenvalue weighted by Gasteiger charge is -2.02. The van der Waals surface area contributed by atoms with Crippen molar-refractivity contribution in [3.05, 3.63) is 52.7 Å². The molecule has 0 saturated carbocycles. The number of nitrogens with zero attached hydrogens (tertiary/aromatic N) is 1. The smallest absolute Gasteiger partial charge is 0.318 e. The Morgan fingerprint density at radius 2 is 1.84 bits per heavy atom. The number of benzene rings is 1. The summed E-state index contributed by atoms with van der Waals surface area (Å²) in [6, 6.07) is 12.5. The van der Waals surface area contributed by atoms with Crippen LogP contribution in [0.15, 0.2) is 52.9 Å². The highest BCUT2D eigenvalue weighted by molar-refractivity contribution is 7.11. The van der Waals surface area contributed by atoms with E-state index >= 15 is 0 Å². The molecule has 0 aliphatic carbocycles. The van der Waals surface area contributed by atoms with Gasteiger partial charge in [-0.05, 0) is 23.6 Å². The summed E-state index contributed by atoms with van der Waals surface area (Å²) < 4.78 is 0. The molecule has 2 rings (SSSR count). The number of amides is 2. The van der Waals surface area contributed by atoms with Crippen molar-refractivity contribution in [1.29, 1.82) is 0 Å². The molecular formula is C13H11N3O2S. The summed E-state index contributed by atoms with van der Waals surface area (Å²) in [5.41, 5.74) is 2.73. The van der Waals surface area contributed by atoms with Crippen molar-refractivity contribution in [2.75, 3.05) is 5.32 Å². The number of carbonyl (C=O) groups excluding carboxylic acids is 2. The van der Waals surface area contributed by atoms with Gasteiger partial charge in [-0.3, -0.25) is 9.59 Å². The number of anilines is 1. The van der Waals surface area contributed by atoms with Crippen LogP contribution in [0.1, 0.15) is 4.88 Å². The Morgan fingerprint density at radius 1 is 1.05 bits per heavy atom.